The summed E-state index contributed by atoms with van der Waals surface area (Å²) in [7, 11) is 0. The molecule has 3 rings (SSSR count). The Balaban J connectivity index is 1.90. The van der Waals surface area contributed by atoms with Crippen LogP contribution in [-0.2, 0) is 6.54 Å². The van der Waals surface area contributed by atoms with Crippen LogP contribution < -0.4 is 5.32 Å². The maximum atomic E-state index is 13.7. The Hall–Kier alpha value is -1.52. The highest BCUT2D eigenvalue weighted by Crippen LogP contribution is 2.30. The van der Waals surface area contributed by atoms with Crippen molar-refractivity contribution in [3.8, 4) is 0 Å². The van der Waals surface area contributed by atoms with Gasteiger partial charge < -0.3 is 9.73 Å². The van der Waals surface area contributed by atoms with Crippen molar-refractivity contribution in [3.63, 3.8) is 0 Å². The SMILES string of the molecule is Fc1ccc(Br)cc1NCc1c(Cl)oc2ccccc12. The Bertz CT molecular complexity index is 772. The number of para-hydroxylation sites is 1. The number of anilines is 1. The van der Waals surface area contributed by atoms with Crippen LogP contribution in [0.25, 0.3) is 11.0 Å². The van der Waals surface area contributed by atoms with Gasteiger partial charge in [-0.2, -0.15) is 0 Å². The van der Waals surface area contributed by atoms with Gasteiger partial charge in [-0.3, -0.25) is 0 Å². The Morgan fingerprint density at radius 2 is 2.00 bits per heavy atom. The molecule has 0 saturated heterocycles. The molecule has 0 radical (unpaired) electrons. The smallest absolute Gasteiger partial charge is 0.199 e. The molecule has 1 N–H and O–H groups in total. The highest BCUT2D eigenvalue weighted by atomic mass is 79.9. The van der Waals surface area contributed by atoms with Crippen LogP contribution in [-0.4, -0.2) is 0 Å². The lowest BCUT2D eigenvalue weighted by Crippen LogP contribution is -2.01. The third-order valence-corrected chi connectivity index (χ3v) is 3.83. The second kappa shape index (κ2) is 5.46. The second-order valence-electron chi connectivity index (χ2n) is 4.33. The number of hydrogen-bond donors (Lipinski definition) is 1. The van der Waals surface area contributed by atoms with Crippen molar-refractivity contribution < 1.29 is 8.81 Å². The molecule has 0 unspecified atom stereocenters. The van der Waals surface area contributed by atoms with Gasteiger partial charge in [-0.1, -0.05) is 34.1 Å². The minimum absolute atomic E-state index is 0.308. The average Bonchev–Trinajstić information content (AvgIpc) is 2.75. The lowest BCUT2D eigenvalue weighted by atomic mass is 10.1. The van der Waals surface area contributed by atoms with E-state index in [0.717, 1.165) is 21.0 Å². The molecule has 0 bridgehead atoms. The van der Waals surface area contributed by atoms with Crippen molar-refractivity contribution in [2.45, 2.75) is 6.54 Å². The molecule has 20 heavy (non-hydrogen) atoms. The number of fused-ring (bicyclic) bond motifs is 1. The molecule has 102 valence electrons. The van der Waals surface area contributed by atoms with Crippen molar-refractivity contribution in [2.24, 2.45) is 0 Å². The minimum atomic E-state index is -0.308. The minimum Gasteiger partial charge on any atom is -0.444 e. The van der Waals surface area contributed by atoms with Crippen molar-refractivity contribution in [1.29, 1.82) is 0 Å². The van der Waals surface area contributed by atoms with Crippen LogP contribution in [0.2, 0.25) is 5.22 Å². The van der Waals surface area contributed by atoms with Crippen molar-refractivity contribution >= 4 is 44.2 Å². The first-order valence-electron chi connectivity index (χ1n) is 6.00. The van der Waals surface area contributed by atoms with Crippen LogP contribution in [0.1, 0.15) is 5.56 Å². The summed E-state index contributed by atoms with van der Waals surface area (Å²) in [6.07, 6.45) is 0. The first kappa shape index (κ1) is 13.5. The quantitative estimate of drug-likeness (QED) is 0.662. The molecule has 2 nitrogen and oxygen atoms in total. The molecule has 0 aliphatic rings. The summed E-state index contributed by atoms with van der Waals surface area (Å²) in [6.45, 7) is 0.392. The van der Waals surface area contributed by atoms with E-state index in [4.69, 9.17) is 16.0 Å². The average molecular weight is 355 g/mol. The molecule has 0 amide bonds. The lowest BCUT2D eigenvalue weighted by molar-refractivity contribution is 0.612. The van der Waals surface area contributed by atoms with Gasteiger partial charge in [-0.15, -0.1) is 0 Å². The van der Waals surface area contributed by atoms with E-state index in [0.29, 0.717) is 17.5 Å². The summed E-state index contributed by atoms with van der Waals surface area (Å²) in [5, 5.41) is 4.30. The normalized spacial score (nSPS) is 10.9. The van der Waals surface area contributed by atoms with Gasteiger partial charge in [0.15, 0.2) is 5.22 Å². The summed E-state index contributed by atoms with van der Waals surface area (Å²) in [4.78, 5) is 0. The molecule has 0 aliphatic carbocycles. The van der Waals surface area contributed by atoms with Crippen LogP contribution in [0.15, 0.2) is 51.4 Å². The fourth-order valence-corrected chi connectivity index (χ4v) is 2.66. The Morgan fingerprint density at radius 1 is 1.20 bits per heavy atom. The molecule has 0 spiro atoms. The van der Waals surface area contributed by atoms with E-state index in [2.05, 4.69) is 21.2 Å². The van der Waals surface area contributed by atoms with Gasteiger partial charge in [0.25, 0.3) is 0 Å². The standard InChI is InChI=1S/C15H10BrClFNO/c16-9-5-6-12(18)13(7-9)19-8-11-10-3-1-2-4-14(10)20-15(11)17/h1-7,19H,8H2. The molecular formula is C15H10BrClFNO. The van der Waals surface area contributed by atoms with Gasteiger partial charge in [0, 0.05) is 22.0 Å². The topological polar surface area (TPSA) is 25.2 Å². The van der Waals surface area contributed by atoms with Crippen molar-refractivity contribution in [3.05, 3.63) is 63.5 Å². The Labute approximate surface area is 128 Å². The summed E-state index contributed by atoms with van der Waals surface area (Å²) >= 11 is 9.41. The van der Waals surface area contributed by atoms with E-state index < -0.39 is 0 Å². The molecule has 3 aromatic rings. The number of rotatable bonds is 3. The van der Waals surface area contributed by atoms with E-state index in [-0.39, 0.29) is 5.82 Å². The molecular weight excluding hydrogens is 345 g/mol. The number of halogens is 3. The molecule has 0 atom stereocenters. The van der Waals surface area contributed by atoms with Crippen LogP contribution >= 0.6 is 27.5 Å². The number of benzene rings is 2. The van der Waals surface area contributed by atoms with Gasteiger partial charge >= 0.3 is 0 Å². The van der Waals surface area contributed by atoms with Gasteiger partial charge in [-0.25, -0.2) is 4.39 Å². The fourth-order valence-electron chi connectivity index (χ4n) is 2.05. The second-order valence-corrected chi connectivity index (χ2v) is 5.59. The Kier molecular flexibility index (Phi) is 3.68. The molecule has 0 saturated carbocycles. The summed E-state index contributed by atoms with van der Waals surface area (Å²) < 4.78 is 19.9. The summed E-state index contributed by atoms with van der Waals surface area (Å²) in [6, 6.07) is 12.3. The monoisotopic (exact) mass is 353 g/mol. The first-order valence-corrected chi connectivity index (χ1v) is 7.17. The van der Waals surface area contributed by atoms with Crippen molar-refractivity contribution in [2.75, 3.05) is 5.32 Å². The molecule has 2 aromatic carbocycles. The van der Waals surface area contributed by atoms with E-state index >= 15 is 0 Å². The van der Waals surface area contributed by atoms with E-state index in [1.54, 1.807) is 12.1 Å². The largest absolute Gasteiger partial charge is 0.444 e. The van der Waals surface area contributed by atoms with Crippen LogP contribution in [0.3, 0.4) is 0 Å². The predicted octanol–water partition coefficient (Wildman–Crippen LogP) is 5.60. The number of furan rings is 1. The maximum absolute atomic E-state index is 13.7. The van der Waals surface area contributed by atoms with Crippen LogP contribution in [0.4, 0.5) is 10.1 Å². The zero-order valence-electron chi connectivity index (χ0n) is 10.3. The zero-order chi connectivity index (χ0) is 14.1. The first-order chi connectivity index (χ1) is 9.65. The van der Waals surface area contributed by atoms with Gasteiger partial charge in [0.2, 0.25) is 0 Å². The van der Waals surface area contributed by atoms with Crippen molar-refractivity contribution in [1.82, 2.24) is 0 Å². The highest BCUT2D eigenvalue weighted by Gasteiger charge is 2.12. The molecule has 1 heterocycles. The van der Waals surface area contributed by atoms with Gasteiger partial charge in [0.1, 0.15) is 11.4 Å². The molecule has 0 aliphatic heterocycles. The maximum Gasteiger partial charge on any atom is 0.199 e. The number of hydrogen-bond acceptors (Lipinski definition) is 2. The van der Waals surface area contributed by atoms with Crippen LogP contribution in [0.5, 0.6) is 0 Å². The lowest BCUT2D eigenvalue weighted by Gasteiger charge is -2.07. The van der Waals surface area contributed by atoms with E-state index in [9.17, 15) is 4.39 Å². The Morgan fingerprint density at radius 3 is 2.85 bits per heavy atom. The van der Waals surface area contributed by atoms with Gasteiger partial charge in [0.05, 0.1) is 5.69 Å². The summed E-state index contributed by atoms with van der Waals surface area (Å²) in [5.74, 6) is -0.308. The summed E-state index contributed by atoms with van der Waals surface area (Å²) in [5.41, 5.74) is 1.96. The molecule has 1 aromatic heterocycles. The fraction of sp³-hybridized carbons (Fsp3) is 0.0667. The molecule has 0 fully saturated rings. The van der Waals surface area contributed by atoms with E-state index in [1.807, 2.05) is 24.3 Å². The van der Waals surface area contributed by atoms with E-state index in [1.165, 1.54) is 6.07 Å². The number of nitrogens with one attached hydrogen (secondary N) is 1. The molecule has 5 heteroatoms. The van der Waals surface area contributed by atoms with Gasteiger partial charge in [-0.05, 0) is 35.9 Å². The predicted molar refractivity (Wildman–Crippen MR) is 82.7 cm³/mol. The third kappa shape index (κ3) is 2.53. The van der Waals surface area contributed by atoms with Crippen LogP contribution in [0, 0.1) is 5.82 Å². The highest BCUT2D eigenvalue weighted by molar-refractivity contribution is 9.10. The zero-order valence-corrected chi connectivity index (χ0v) is 12.6. The third-order valence-electron chi connectivity index (χ3n) is 3.03.